The Morgan fingerprint density at radius 3 is 2.25 bits per heavy atom. The van der Waals surface area contributed by atoms with Crippen LogP contribution in [0, 0.1) is 0 Å². The Kier molecular flexibility index (Phi) is 3.88. The van der Waals surface area contributed by atoms with Crippen molar-refractivity contribution in [2.45, 2.75) is 25.7 Å². The number of benzene rings is 1. The van der Waals surface area contributed by atoms with Crippen LogP contribution in [-0.2, 0) is 25.6 Å². The van der Waals surface area contributed by atoms with Crippen LogP contribution in [0.15, 0.2) is 18.2 Å². The molecule has 0 aliphatic carbocycles. The van der Waals surface area contributed by atoms with Gasteiger partial charge in [0.05, 0.1) is 6.42 Å². The summed E-state index contributed by atoms with van der Waals surface area (Å²) in [5, 5.41) is 19.5. The molecule has 2 amide bonds. The molecular weight excluding hydrogens is 266 g/mol. The van der Waals surface area contributed by atoms with Crippen LogP contribution in [0.25, 0.3) is 0 Å². The molecule has 1 aromatic carbocycles. The molecular formula is C13H13NO6. The molecule has 1 aromatic rings. The third kappa shape index (κ3) is 2.87. The van der Waals surface area contributed by atoms with E-state index in [1.807, 2.05) is 0 Å². The number of hydroxylamine groups is 2. The molecule has 20 heavy (non-hydrogen) atoms. The number of carbonyl (C=O) groups excluding carboxylic acids is 3. The highest BCUT2D eigenvalue weighted by Gasteiger charge is 2.32. The van der Waals surface area contributed by atoms with Crippen LogP contribution in [-0.4, -0.2) is 33.1 Å². The minimum absolute atomic E-state index is 0.0341. The minimum Gasteiger partial charge on any atom is -0.508 e. The Labute approximate surface area is 114 Å². The largest absolute Gasteiger partial charge is 0.508 e. The van der Waals surface area contributed by atoms with Crippen LogP contribution in [0.5, 0.6) is 11.5 Å². The summed E-state index contributed by atoms with van der Waals surface area (Å²) in [7, 11) is 0. The number of carbonyl (C=O) groups is 3. The maximum absolute atomic E-state index is 11.6. The summed E-state index contributed by atoms with van der Waals surface area (Å²) in [4.78, 5) is 38.7. The first-order valence-corrected chi connectivity index (χ1v) is 6.05. The molecule has 1 fully saturated rings. The van der Waals surface area contributed by atoms with Crippen molar-refractivity contribution in [2.75, 3.05) is 0 Å². The Balaban J connectivity index is 1.93. The zero-order valence-corrected chi connectivity index (χ0v) is 10.5. The van der Waals surface area contributed by atoms with Gasteiger partial charge in [0.15, 0.2) is 0 Å². The Hall–Kier alpha value is -2.57. The average Bonchev–Trinajstić information content (AvgIpc) is 2.70. The van der Waals surface area contributed by atoms with E-state index in [2.05, 4.69) is 4.84 Å². The van der Waals surface area contributed by atoms with Gasteiger partial charge in [0, 0.05) is 18.4 Å². The summed E-state index contributed by atoms with van der Waals surface area (Å²) in [6.07, 6.45) is -0.0749. The average molecular weight is 279 g/mol. The maximum atomic E-state index is 11.6. The van der Waals surface area contributed by atoms with Crippen LogP contribution < -0.4 is 0 Å². The van der Waals surface area contributed by atoms with Gasteiger partial charge in [0.2, 0.25) is 0 Å². The second-order valence-corrected chi connectivity index (χ2v) is 4.32. The predicted molar refractivity (Wildman–Crippen MR) is 65.3 cm³/mol. The van der Waals surface area contributed by atoms with E-state index in [1.54, 1.807) is 0 Å². The summed E-state index contributed by atoms with van der Waals surface area (Å²) in [5.41, 5.74) is 0.212. The van der Waals surface area contributed by atoms with Crippen LogP contribution in [0.4, 0.5) is 0 Å². The molecule has 7 nitrogen and oxygen atoms in total. The number of aromatic hydroxyl groups is 2. The fourth-order valence-corrected chi connectivity index (χ4v) is 1.85. The first-order valence-electron chi connectivity index (χ1n) is 6.05. The Morgan fingerprint density at radius 2 is 1.70 bits per heavy atom. The van der Waals surface area contributed by atoms with Crippen LogP contribution in [0.1, 0.15) is 24.8 Å². The van der Waals surface area contributed by atoms with Crippen molar-refractivity contribution in [3.63, 3.8) is 0 Å². The van der Waals surface area contributed by atoms with Crippen molar-refractivity contribution < 1.29 is 29.4 Å². The van der Waals surface area contributed by atoms with E-state index in [9.17, 15) is 24.6 Å². The summed E-state index contributed by atoms with van der Waals surface area (Å²) in [6.45, 7) is 0. The van der Waals surface area contributed by atoms with Crippen molar-refractivity contribution in [3.8, 4) is 11.5 Å². The summed E-state index contributed by atoms with van der Waals surface area (Å²) in [6, 6.07) is 4.23. The SMILES string of the molecule is O=C(CCc1c(O)cccc1O)ON1C(=O)CCC1=O. The Bertz CT molecular complexity index is 532. The van der Waals surface area contributed by atoms with Crippen molar-refractivity contribution >= 4 is 17.8 Å². The van der Waals surface area contributed by atoms with Crippen molar-refractivity contribution in [1.82, 2.24) is 5.06 Å². The molecule has 7 heteroatoms. The second kappa shape index (κ2) is 5.60. The van der Waals surface area contributed by atoms with Crippen LogP contribution in [0.2, 0.25) is 0 Å². The molecule has 0 saturated carbocycles. The van der Waals surface area contributed by atoms with Crippen molar-refractivity contribution in [1.29, 1.82) is 0 Å². The number of nitrogens with zero attached hydrogens (tertiary/aromatic N) is 1. The highest BCUT2D eigenvalue weighted by molar-refractivity contribution is 6.01. The van der Waals surface area contributed by atoms with Crippen molar-refractivity contribution in [3.05, 3.63) is 23.8 Å². The Morgan fingerprint density at radius 1 is 1.15 bits per heavy atom. The molecule has 0 bridgehead atoms. The van der Waals surface area contributed by atoms with Gasteiger partial charge in [-0.25, -0.2) is 4.79 Å². The molecule has 1 aliphatic rings. The van der Waals surface area contributed by atoms with E-state index in [1.165, 1.54) is 18.2 Å². The molecule has 1 heterocycles. The lowest BCUT2D eigenvalue weighted by molar-refractivity contribution is -0.197. The number of hydrogen-bond donors (Lipinski definition) is 2. The van der Waals surface area contributed by atoms with Gasteiger partial charge in [-0.05, 0) is 18.6 Å². The maximum Gasteiger partial charge on any atom is 0.333 e. The molecule has 0 aromatic heterocycles. The van der Waals surface area contributed by atoms with E-state index in [-0.39, 0.29) is 42.7 Å². The zero-order valence-electron chi connectivity index (χ0n) is 10.5. The number of imide groups is 1. The summed E-state index contributed by atoms with van der Waals surface area (Å²) >= 11 is 0. The van der Waals surface area contributed by atoms with Gasteiger partial charge < -0.3 is 15.1 Å². The third-order valence-electron chi connectivity index (χ3n) is 2.90. The predicted octanol–water partition coefficient (Wildman–Crippen LogP) is 0.638. The molecule has 0 spiro atoms. The standard InChI is InChI=1S/C13H13NO6/c15-9-2-1-3-10(16)8(9)4-7-13(19)20-14-11(17)5-6-12(14)18/h1-3,15-16H,4-7H2. The fourth-order valence-electron chi connectivity index (χ4n) is 1.85. The normalized spacial score (nSPS) is 14.7. The molecule has 1 aliphatic heterocycles. The smallest absolute Gasteiger partial charge is 0.333 e. The molecule has 2 rings (SSSR count). The molecule has 106 valence electrons. The van der Waals surface area contributed by atoms with E-state index >= 15 is 0 Å². The highest BCUT2D eigenvalue weighted by Crippen LogP contribution is 2.27. The van der Waals surface area contributed by atoms with Gasteiger partial charge in [0.1, 0.15) is 11.5 Å². The van der Waals surface area contributed by atoms with Gasteiger partial charge in [-0.15, -0.1) is 5.06 Å². The first kappa shape index (κ1) is 13.9. The highest BCUT2D eigenvalue weighted by atomic mass is 16.7. The first-order chi connectivity index (χ1) is 9.49. The quantitative estimate of drug-likeness (QED) is 0.784. The summed E-state index contributed by atoms with van der Waals surface area (Å²) in [5.74, 6) is -2.14. The van der Waals surface area contributed by atoms with Gasteiger partial charge in [-0.2, -0.15) is 0 Å². The zero-order chi connectivity index (χ0) is 14.7. The topological polar surface area (TPSA) is 104 Å². The molecule has 1 saturated heterocycles. The number of phenols is 2. The lowest BCUT2D eigenvalue weighted by atomic mass is 10.1. The number of rotatable bonds is 4. The number of amides is 2. The molecule has 0 atom stereocenters. The lowest BCUT2D eigenvalue weighted by Gasteiger charge is -2.12. The fraction of sp³-hybridized carbons (Fsp3) is 0.308. The number of hydrogen-bond acceptors (Lipinski definition) is 6. The molecule has 2 N–H and O–H groups in total. The van der Waals surface area contributed by atoms with Gasteiger partial charge in [-0.3, -0.25) is 9.59 Å². The van der Waals surface area contributed by atoms with Gasteiger partial charge >= 0.3 is 5.97 Å². The van der Waals surface area contributed by atoms with E-state index in [0.29, 0.717) is 5.06 Å². The monoisotopic (exact) mass is 279 g/mol. The van der Waals surface area contributed by atoms with E-state index < -0.39 is 17.8 Å². The van der Waals surface area contributed by atoms with Crippen LogP contribution in [0.3, 0.4) is 0 Å². The summed E-state index contributed by atoms with van der Waals surface area (Å²) < 4.78 is 0. The van der Waals surface area contributed by atoms with E-state index in [4.69, 9.17) is 0 Å². The third-order valence-corrected chi connectivity index (χ3v) is 2.90. The number of phenolic OH excluding ortho intramolecular Hbond substituents is 2. The minimum atomic E-state index is -0.781. The molecule has 0 radical (unpaired) electrons. The van der Waals surface area contributed by atoms with Gasteiger partial charge in [-0.1, -0.05) is 6.07 Å². The van der Waals surface area contributed by atoms with E-state index in [0.717, 1.165) is 0 Å². The van der Waals surface area contributed by atoms with Gasteiger partial charge in [0.25, 0.3) is 11.8 Å². The lowest BCUT2D eigenvalue weighted by Crippen LogP contribution is -2.32. The van der Waals surface area contributed by atoms with Crippen LogP contribution >= 0.6 is 0 Å². The van der Waals surface area contributed by atoms with Crippen molar-refractivity contribution in [2.24, 2.45) is 0 Å². The second-order valence-electron chi connectivity index (χ2n) is 4.32. The molecule has 0 unspecified atom stereocenters.